The van der Waals surface area contributed by atoms with Gasteiger partial charge >= 0.3 is 0 Å². The smallest absolute Gasteiger partial charge is 0.282 e. The lowest BCUT2D eigenvalue weighted by Gasteiger charge is -2.17. The highest BCUT2D eigenvalue weighted by Gasteiger charge is 2.21. The Morgan fingerprint density at radius 3 is 1.30 bits per heavy atom. The average Bonchev–Trinajstić information content (AvgIpc) is 2.77. The summed E-state index contributed by atoms with van der Waals surface area (Å²) in [6.45, 7) is 0. The fraction of sp³-hybridized carbons (Fsp3) is 0. The average molecular weight is 408 g/mol. The molecule has 0 amide bonds. The van der Waals surface area contributed by atoms with Gasteiger partial charge in [0.2, 0.25) is 0 Å². The van der Waals surface area contributed by atoms with Gasteiger partial charge in [0.05, 0.1) is 0 Å². The molecule has 6 aromatic carbocycles. The molecule has 0 unspecified atom stereocenters. The molecule has 0 aliphatic carbocycles. The summed E-state index contributed by atoms with van der Waals surface area (Å²) in [4.78, 5) is -0.0591. The van der Waals surface area contributed by atoms with E-state index in [1.54, 1.807) is 6.07 Å². The highest BCUT2D eigenvalue weighted by molar-refractivity contribution is 7.86. The Morgan fingerprint density at radius 1 is 0.433 bits per heavy atom. The molecular weight excluding hydrogens is 392 g/mol. The van der Waals surface area contributed by atoms with E-state index in [4.69, 9.17) is 0 Å². The van der Waals surface area contributed by atoms with E-state index in [-0.39, 0.29) is 4.90 Å². The van der Waals surface area contributed by atoms with Gasteiger partial charge in [-0.1, -0.05) is 84.9 Å². The van der Waals surface area contributed by atoms with Crippen molar-refractivity contribution in [3.8, 4) is 0 Å². The Hall–Kier alpha value is -3.47. The van der Waals surface area contributed by atoms with Crippen molar-refractivity contribution >= 4 is 64.0 Å². The molecule has 0 saturated heterocycles. The van der Waals surface area contributed by atoms with Crippen LogP contribution in [0.5, 0.6) is 0 Å². The summed E-state index contributed by atoms with van der Waals surface area (Å²) < 4.78 is 34.8. The predicted octanol–water partition coefficient (Wildman–Crippen LogP) is 6.70. The van der Waals surface area contributed by atoms with Crippen molar-refractivity contribution in [2.24, 2.45) is 0 Å². The quantitative estimate of drug-likeness (QED) is 0.243. The zero-order valence-electron chi connectivity index (χ0n) is 15.8. The standard InChI is InChI=1S/C26H16O3S/c27-30(28,29)23-15-7-14-21-18-10-3-5-12-20(18)24-19-11-4-1-8-16(19)17-9-2-6-13-22(17)26(24)25(21)23/h1-15H,(H,27,28,29). The Bertz CT molecular complexity index is 1750. The molecule has 1 N–H and O–H groups in total. The van der Waals surface area contributed by atoms with E-state index < -0.39 is 10.1 Å². The van der Waals surface area contributed by atoms with Crippen molar-refractivity contribution in [1.29, 1.82) is 0 Å². The van der Waals surface area contributed by atoms with Crippen LogP contribution in [0.2, 0.25) is 0 Å². The second-order valence-electron chi connectivity index (χ2n) is 7.54. The summed E-state index contributed by atoms with van der Waals surface area (Å²) in [5.41, 5.74) is 0. The van der Waals surface area contributed by atoms with Gasteiger partial charge < -0.3 is 0 Å². The first-order valence-electron chi connectivity index (χ1n) is 9.70. The Labute approximate surface area is 172 Å². The van der Waals surface area contributed by atoms with Gasteiger partial charge in [-0.15, -0.1) is 0 Å². The zero-order valence-corrected chi connectivity index (χ0v) is 16.6. The third kappa shape index (κ3) is 2.26. The van der Waals surface area contributed by atoms with Crippen LogP contribution in [0.25, 0.3) is 53.9 Å². The van der Waals surface area contributed by atoms with E-state index >= 15 is 0 Å². The van der Waals surface area contributed by atoms with Crippen LogP contribution < -0.4 is 0 Å². The van der Waals surface area contributed by atoms with E-state index in [1.807, 2.05) is 54.6 Å². The fourth-order valence-electron chi connectivity index (χ4n) is 4.85. The van der Waals surface area contributed by atoms with Crippen LogP contribution in [0.3, 0.4) is 0 Å². The summed E-state index contributed by atoms with van der Waals surface area (Å²) in [6, 6.07) is 29.4. The first-order valence-corrected chi connectivity index (χ1v) is 11.1. The number of fused-ring (bicyclic) bond motifs is 11. The molecule has 0 aliphatic rings. The predicted molar refractivity (Wildman–Crippen MR) is 124 cm³/mol. The third-order valence-corrected chi connectivity index (χ3v) is 6.87. The van der Waals surface area contributed by atoms with E-state index in [2.05, 4.69) is 24.3 Å². The molecule has 6 rings (SSSR count). The summed E-state index contributed by atoms with van der Waals surface area (Å²) in [7, 11) is -4.41. The van der Waals surface area contributed by atoms with Crippen LogP contribution in [-0.4, -0.2) is 13.0 Å². The summed E-state index contributed by atoms with van der Waals surface area (Å²) in [6.07, 6.45) is 0. The van der Waals surface area contributed by atoms with Gasteiger partial charge in [0, 0.05) is 10.8 Å². The van der Waals surface area contributed by atoms with Gasteiger partial charge in [0.15, 0.2) is 0 Å². The van der Waals surface area contributed by atoms with Crippen LogP contribution in [0.15, 0.2) is 95.9 Å². The molecule has 0 aromatic heterocycles. The Morgan fingerprint density at radius 2 is 0.800 bits per heavy atom. The number of rotatable bonds is 1. The van der Waals surface area contributed by atoms with E-state index in [1.165, 1.54) is 6.07 Å². The molecule has 6 aromatic rings. The van der Waals surface area contributed by atoms with Gasteiger partial charge in [-0.3, -0.25) is 4.55 Å². The van der Waals surface area contributed by atoms with Gasteiger partial charge in [-0.05, 0) is 49.2 Å². The van der Waals surface area contributed by atoms with Gasteiger partial charge in [-0.2, -0.15) is 8.42 Å². The lowest BCUT2D eigenvalue weighted by molar-refractivity contribution is 0.484. The van der Waals surface area contributed by atoms with Crippen LogP contribution in [0, 0.1) is 0 Å². The van der Waals surface area contributed by atoms with Crippen molar-refractivity contribution in [2.45, 2.75) is 4.90 Å². The van der Waals surface area contributed by atoms with Crippen LogP contribution in [0.4, 0.5) is 0 Å². The molecule has 0 aliphatic heterocycles. The maximum atomic E-state index is 12.4. The maximum Gasteiger partial charge on any atom is 0.295 e. The Balaban J connectivity index is 2.15. The molecule has 0 heterocycles. The highest BCUT2D eigenvalue weighted by Crippen LogP contribution is 2.45. The third-order valence-electron chi connectivity index (χ3n) is 5.97. The van der Waals surface area contributed by atoms with Gasteiger partial charge in [0.1, 0.15) is 4.90 Å². The SMILES string of the molecule is O=S(=O)(O)c1cccc2c3ccccc3c3c4ccccc4c4ccccc4c3c12. The zero-order chi connectivity index (χ0) is 20.5. The van der Waals surface area contributed by atoms with Crippen LogP contribution in [-0.2, 0) is 10.1 Å². The lowest BCUT2D eigenvalue weighted by atomic mass is 9.87. The topological polar surface area (TPSA) is 54.4 Å². The highest BCUT2D eigenvalue weighted by atomic mass is 32.2. The molecule has 0 fully saturated rings. The molecular formula is C26H16O3S. The second-order valence-corrected chi connectivity index (χ2v) is 8.93. The minimum absolute atomic E-state index is 0.0591. The Kier molecular flexibility index (Phi) is 3.49. The second kappa shape index (κ2) is 6.02. The van der Waals surface area contributed by atoms with Gasteiger partial charge in [-0.25, -0.2) is 0 Å². The van der Waals surface area contributed by atoms with Crippen molar-refractivity contribution < 1.29 is 13.0 Å². The summed E-state index contributed by atoms with van der Waals surface area (Å²) in [5.74, 6) is 0. The maximum absolute atomic E-state index is 12.4. The van der Waals surface area contributed by atoms with E-state index in [0.29, 0.717) is 5.39 Å². The molecule has 0 atom stereocenters. The molecule has 3 nitrogen and oxygen atoms in total. The molecule has 4 heteroatoms. The normalized spacial score (nSPS) is 12.4. The first-order chi connectivity index (χ1) is 14.6. The fourth-order valence-corrected chi connectivity index (χ4v) is 5.57. The minimum atomic E-state index is -4.41. The van der Waals surface area contributed by atoms with Crippen LogP contribution >= 0.6 is 0 Å². The first kappa shape index (κ1) is 17.4. The minimum Gasteiger partial charge on any atom is -0.282 e. The molecule has 30 heavy (non-hydrogen) atoms. The molecule has 0 radical (unpaired) electrons. The molecule has 0 spiro atoms. The van der Waals surface area contributed by atoms with Crippen molar-refractivity contribution in [1.82, 2.24) is 0 Å². The summed E-state index contributed by atoms with van der Waals surface area (Å²) in [5, 5.41) is 9.48. The van der Waals surface area contributed by atoms with Crippen molar-refractivity contribution in [3.05, 3.63) is 91.0 Å². The largest absolute Gasteiger partial charge is 0.295 e. The number of benzene rings is 6. The number of hydrogen-bond acceptors (Lipinski definition) is 2. The van der Waals surface area contributed by atoms with E-state index in [0.717, 1.165) is 48.5 Å². The van der Waals surface area contributed by atoms with Gasteiger partial charge in [0.25, 0.3) is 10.1 Å². The van der Waals surface area contributed by atoms with Crippen molar-refractivity contribution in [3.63, 3.8) is 0 Å². The van der Waals surface area contributed by atoms with Crippen molar-refractivity contribution in [2.75, 3.05) is 0 Å². The monoisotopic (exact) mass is 408 g/mol. The number of hydrogen-bond donors (Lipinski definition) is 1. The molecule has 0 saturated carbocycles. The van der Waals surface area contributed by atoms with E-state index in [9.17, 15) is 13.0 Å². The lowest BCUT2D eigenvalue weighted by Crippen LogP contribution is -2.00. The molecule has 144 valence electrons. The van der Waals surface area contributed by atoms with Crippen LogP contribution in [0.1, 0.15) is 0 Å². The summed E-state index contributed by atoms with van der Waals surface area (Å²) >= 11 is 0. The molecule has 0 bridgehead atoms.